The van der Waals surface area contributed by atoms with Crippen LogP contribution in [0, 0.1) is 5.92 Å². The minimum Gasteiger partial charge on any atom is -0.0877 e. The number of allylic oxidation sites excluding steroid dienone is 4. The topological polar surface area (TPSA) is 0 Å². The first kappa shape index (κ1) is 11.5. The Labute approximate surface area is 77.4 Å². The van der Waals surface area contributed by atoms with Crippen molar-refractivity contribution in [3.63, 3.8) is 0 Å². The van der Waals surface area contributed by atoms with E-state index in [1.165, 1.54) is 25.7 Å². The maximum Gasteiger partial charge on any atom is -0.0233 e. The van der Waals surface area contributed by atoms with E-state index in [1.54, 1.807) is 0 Å². The van der Waals surface area contributed by atoms with E-state index in [2.05, 4.69) is 45.1 Å². The SMILES string of the molecule is CC=CC=CC(CC)CCCC. The van der Waals surface area contributed by atoms with Crippen molar-refractivity contribution < 1.29 is 0 Å². The molecule has 12 heavy (non-hydrogen) atoms. The molecule has 0 saturated heterocycles. The van der Waals surface area contributed by atoms with Crippen molar-refractivity contribution >= 4 is 0 Å². The van der Waals surface area contributed by atoms with Gasteiger partial charge in [0.25, 0.3) is 0 Å². The molecule has 0 saturated carbocycles. The van der Waals surface area contributed by atoms with Gasteiger partial charge in [0.15, 0.2) is 0 Å². The Morgan fingerprint density at radius 1 is 1.17 bits per heavy atom. The summed E-state index contributed by atoms with van der Waals surface area (Å²) in [6.07, 6.45) is 14.0. The lowest BCUT2D eigenvalue weighted by Crippen LogP contribution is -1.93. The Kier molecular flexibility index (Phi) is 8.20. The Hall–Kier alpha value is -0.520. The molecule has 0 nitrogen and oxygen atoms in total. The minimum atomic E-state index is 0.793. The molecule has 1 unspecified atom stereocenters. The zero-order valence-electron chi connectivity index (χ0n) is 8.72. The van der Waals surface area contributed by atoms with Gasteiger partial charge in [-0.1, -0.05) is 51.0 Å². The summed E-state index contributed by atoms with van der Waals surface area (Å²) >= 11 is 0. The molecule has 0 bridgehead atoms. The third-order valence-corrected chi connectivity index (χ3v) is 2.14. The van der Waals surface area contributed by atoms with Crippen LogP contribution in [-0.2, 0) is 0 Å². The van der Waals surface area contributed by atoms with Gasteiger partial charge in [-0.2, -0.15) is 0 Å². The van der Waals surface area contributed by atoms with Gasteiger partial charge < -0.3 is 0 Å². The molecule has 0 N–H and O–H groups in total. The highest BCUT2D eigenvalue weighted by Crippen LogP contribution is 2.13. The molecule has 0 heteroatoms. The van der Waals surface area contributed by atoms with Gasteiger partial charge >= 0.3 is 0 Å². The standard InChI is InChI=1S/C12H22/c1-4-7-9-11-12(6-3)10-8-5-2/h4,7,9,11-12H,5-6,8,10H2,1-3H3. The number of rotatable bonds is 6. The van der Waals surface area contributed by atoms with Gasteiger partial charge in [0.1, 0.15) is 0 Å². The second-order valence-corrected chi connectivity index (χ2v) is 3.22. The predicted octanol–water partition coefficient (Wildman–Crippen LogP) is 4.34. The minimum absolute atomic E-state index is 0.793. The predicted molar refractivity (Wildman–Crippen MR) is 57.3 cm³/mol. The average Bonchev–Trinajstić information content (AvgIpc) is 2.11. The zero-order valence-corrected chi connectivity index (χ0v) is 8.72. The van der Waals surface area contributed by atoms with Crippen LogP contribution in [-0.4, -0.2) is 0 Å². The first-order valence-electron chi connectivity index (χ1n) is 5.14. The molecule has 0 aromatic heterocycles. The van der Waals surface area contributed by atoms with Crippen molar-refractivity contribution in [1.29, 1.82) is 0 Å². The van der Waals surface area contributed by atoms with Gasteiger partial charge in [-0.25, -0.2) is 0 Å². The molecule has 1 atom stereocenters. The van der Waals surface area contributed by atoms with E-state index in [9.17, 15) is 0 Å². The molecule has 0 aliphatic rings. The molecule has 0 aromatic rings. The highest BCUT2D eigenvalue weighted by Gasteiger charge is 1.98. The van der Waals surface area contributed by atoms with Gasteiger partial charge in [0.05, 0.1) is 0 Å². The summed E-state index contributed by atoms with van der Waals surface area (Å²) in [5, 5.41) is 0. The van der Waals surface area contributed by atoms with Gasteiger partial charge in [0, 0.05) is 0 Å². The van der Waals surface area contributed by atoms with Crippen molar-refractivity contribution in [2.45, 2.75) is 46.5 Å². The number of hydrogen-bond donors (Lipinski definition) is 0. The Balaban J connectivity index is 3.65. The molecule has 0 rings (SSSR count). The summed E-state index contributed by atoms with van der Waals surface area (Å²) < 4.78 is 0. The molecule has 0 amide bonds. The van der Waals surface area contributed by atoms with E-state index in [0.29, 0.717) is 0 Å². The normalized spacial score (nSPS) is 14.6. The molecule has 0 aliphatic heterocycles. The molecule has 0 aromatic carbocycles. The first-order valence-corrected chi connectivity index (χ1v) is 5.14. The Bertz CT molecular complexity index is 131. The average molecular weight is 166 g/mol. The Morgan fingerprint density at radius 3 is 2.42 bits per heavy atom. The molecular weight excluding hydrogens is 144 g/mol. The van der Waals surface area contributed by atoms with Gasteiger partial charge in [-0.05, 0) is 25.7 Å². The highest BCUT2D eigenvalue weighted by atomic mass is 14.0. The summed E-state index contributed by atoms with van der Waals surface area (Å²) in [4.78, 5) is 0. The summed E-state index contributed by atoms with van der Waals surface area (Å²) in [6, 6.07) is 0. The lowest BCUT2D eigenvalue weighted by atomic mass is 9.99. The van der Waals surface area contributed by atoms with Crippen LogP contribution in [0.2, 0.25) is 0 Å². The summed E-state index contributed by atoms with van der Waals surface area (Å²) in [5.74, 6) is 0.793. The lowest BCUT2D eigenvalue weighted by molar-refractivity contribution is 0.540. The van der Waals surface area contributed by atoms with Crippen molar-refractivity contribution in [3.8, 4) is 0 Å². The van der Waals surface area contributed by atoms with E-state index in [4.69, 9.17) is 0 Å². The third kappa shape index (κ3) is 6.21. The van der Waals surface area contributed by atoms with Crippen molar-refractivity contribution in [1.82, 2.24) is 0 Å². The molecular formula is C12H22. The van der Waals surface area contributed by atoms with Crippen LogP contribution in [0.4, 0.5) is 0 Å². The smallest absolute Gasteiger partial charge is 0.0233 e. The fraction of sp³-hybridized carbons (Fsp3) is 0.667. The van der Waals surface area contributed by atoms with Crippen LogP contribution in [0.5, 0.6) is 0 Å². The zero-order chi connectivity index (χ0) is 9.23. The molecule has 70 valence electrons. The summed E-state index contributed by atoms with van der Waals surface area (Å²) in [5.41, 5.74) is 0. The second-order valence-electron chi connectivity index (χ2n) is 3.22. The van der Waals surface area contributed by atoms with E-state index in [0.717, 1.165) is 5.92 Å². The van der Waals surface area contributed by atoms with Crippen LogP contribution in [0.25, 0.3) is 0 Å². The molecule has 0 spiro atoms. The van der Waals surface area contributed by atoms with Crippen molar-refractivity contribution in [2.24, 2.45) is 5.92 Å². The number of unbranched alkanes of at least 4 members (excludes halogenated alkanes) is 1. The van der Waals surface area contributed by atoms with E-state index < -0.39 is 0 Å². The fourth-order valence-electron chi connectivity index (χ4n) is 1.24. The first-order chi connectivity index (χ1) is 5.85. The maximum absolute atomic E-state index is 2.33. The molecule has 0 aliphatic carbocycles. The van der Waals surface area contributed by atoms with Crippen molar-refractivity contribution in [3.05, 3.63) is 24.3 Å². The van der Waals surface area contributed by atoms with Crippen molar-refractivity contribution in [2.75, 3.05) is 0 Å². The third-order valence-electron chi connectivity index (χ3n) is 2.14. The largest absolute Gasteiger partial charge is 0.0877 e. The van der Waals surface area contributed by atoms with Gasteiger partial charge in [-0.15, -0.1) is 0 Å². The summed E-state index contributed by atoms with van der Waals surface area (Å²) in [7, 11) is 0. The lowest BCUT2D eigenvalue weighted by Gasteiger charge is -2.07. The van der Waals surface area contributed by atoms with Crippen LogP contribution in [0.1, 0.15) is 46.5 Å². The molecule has 0 fully saturated rings. The van der Waals surface area contributed by atoms with E-state index in [1.807, 2.05) is 0 Å². The highest BCUT2D eigenvalue weighted by molar-refractivity contribution is 5.02. The van der Waals surface area contributed by atoms with E-state index in [-0.39, 0.29) is 0 Å². The second kappa shape index (κ2) is 8.58. The van der Waals surface area contributed by atoms with Gasteiger partial charge in [0.2, 0.25) is 0 Å². The van der Waals surface area contributed by atoms with Gasteiger partial charge in [-0.3, -0.25) is 0 Å². The number of hydrogen-bond acceptors (Lipinski definition) is 0. The molecule has 0 radical (unpaired) electrons. The monoisotopic (exact) mass is 166 g/mol. The van der Waals surface area contributed by atoms with Crippen LogP contribution in [0.3, 0.4) is 0 Å². The van der Waals surface area contributed by atoms with Crippen LogP contribution < -0.4 is 0 Å². The van der Waals surface area contributed by atoms with Crippen LogP contribution in [0.15, 0.2) is 24.3 Å². The quantitative estimate of drug-likeness (QED) is 0.515. The fourth-order valence-corrected chi connectivity index (χ4v) is 1.24. The van der Waals surface area contributed by atoms with Crippen LogP contribution >= 0.6 is 0 Å². The molecule has 0 heterocycles. The van der Waals surface area contributed by atoms with E-state index >= 15 is 0 Å². The summed E-state index contributed by atoms with van der Waals surface area (Å²) in [6.45, 7) is 6.57. The maximum atomic E-state index is 2.33. The Morgan fingerprint density at radius 2 is 1.92 bits per heavy atom.